The third-order valence-corrected chi connectivity index (χ3v) is 5.36. The fourth-order valence-corrected chi connectivity index (χ4v) is 4.04. The molecule has 1 heterocycles. The van der Waals surface area contributed by atoms with Crippen LogP contribution in [0.5, 0.6) is 0 Å². The van der Waals surface area contributed by atoms with Crippen molar-refractivity contribution in [2.75, 3.05) is 0 Å². The summed E-state index contributed by atoms with van der Waals surface area (Å²) in [5.74, 6) is 0. The zero-order valence-electron chi connectivity index (χ0n) is 21.3. The van der Waals surface area contributed by atoms with E-state index in [0.717, 1.165) is 40.6 Å². The second-order valence-electron chi connectivity index (χ2n) is 8.24. The number of rotatable bonds is 4. The van der Waals surface area contributed by atoms with Gasteiger partial charge in [0.05, 0.1) is 34.2 Å². The van der Waals surface area contributed by atoms with Gasteiger partial charge in [-0.3, -0.25) is 9.98 Å². The van der Waals surface area contributed by atoms with Gasteiger partial charge in [-0.15, -0.1) is 0 Å². The summed E-state index contributed by atoms with van der Waals surface area (Å²) in [6.07, 6.45) is 2.95. The zero-order chi connectivity index (χ0) is 21.3. The van der Waals surface area contributed by atoms with Gasteiger partial charge in [0.2, 0.25) is 0 Å². The number of aliphatic imine (C=N–C) groups is 3. The standard InChI is InChI=1S/C26H31N3.2CH3.Fe/c1-15-11-17(3)25(18(4)12-15)27-21(7)23-9-10-24(29-23)22(8)28-26-19(5)13-16(2)14-20(26)6;;;/h9,11-14H,10H2,1-8H3;2*1H3;/q;2*-1;+2. The molecule has 0 unspecified atom stereocenters. The molecule has 0 aromatic heterocycles. The molecular weight excluding hydrogens is 434 g/mol. The summed E-state index contributed by atoms with van der Waals surface area (Å²) < 4.78 is 0. The molecule has 0 saturated heterocycles. The van der Waals surface area contributed by atoms with Crippen molar-refractivity contribution in [3.05, 3.63) is 84.3 Å². The average molecular weight is 471 g/mol. The number of benzene rings is 2. The monoisotopic (exact) mass is 471 g/mol. The summed E-state index contributed by atoms with van der Waals surface area (Å²) in [5.41, 5.74) is 13.4. The van der Waals surface area contributed by atoms with Crippen molar-refractivity contribution >= 4 is 28.5 Å². The van der Waals surface area contributed by atoms with Crippen LogP contribution in [-0.4, -0.2) is 17.1 Å². The van der Waals surface area contributed by atoms with Crippen LogP contribution in [0.15, 0.2) is 51.0 Å². The van der Waals surface area contributed by atoms with Crippen LogP contribution in [0.3, 0.4) is 0 Å². The van der Waals surface area contributed by atoms with Crippen molar-refractivity contribution < 1.29 is 17.1 Å². The molecule has 0 amide bonds. The topological polar surface area (TPSA) is 37.1 Å². The Labute approximate surface area is 206 Å². The number of allylic oxidation sites excluding steroid dienone is 2. The van der Waals surface area contributed by atoms with E-state index in [-0.39, 0.29) is 31.9 Å². The number of hydrogen-bond donors (Lipinski definition) is 0. The second kappa shape index (κ2) is 12.1. The maximum atomic E-state index is 4.91. The zero-order valence-corrected chi connectivity index (χ0v) is 22.4. The predicted octanol–water partition coefficient (Wildman–Crippen LogP) is 8.05. The first-order valence-electron chi connectivity index (χ1n) is 10.2. The van der Waals surface area contributed by atoms with E-state index < -0.39 is 0 Å². The van der Waals surface area contributed by atoms with Gasteiger partial charge in [0.15, 0.2) is 0 Å². The van der Waals surface area contributed by atoms with E-state index in [0.29, 0.717) is 0 Å². The quantitative estimate of drug-likeness (QED) is 0.246. The van der Waals surface area contributed by atoms with Crippen molar-refractivity contribution in [3.63, 3.8) is 0 Å². The molecule has 0 aliphatic carbocycles. The smallest absolute Gasteiger partial charge is 0.358 e. The normalized spacial score (nSPS) is 13.5. The van der Waals surface area contributed by atoms with Gasteiger partial charge in [-0.2, -0.15) is 0 Å². The molecule has 32 heavy (non-hydrogen) atoms. The Kier molecular flexibility index (Phi) is 11.2. The van der Waals surface area contributed by atoms with Crippen molar-refractivity contribution in [2.45, 2.75) is 61.8 Å². The molecule has 1 aliphatic rings. The van der Waals surface area contributed by atoms with E-state index in [9.17, 15) is 0 Å². The summed E-state index contributed by atoms with van der Waals surface area (Å²) in [6, 6.07) is 8.73. The molecule has 0 spiro atoms. The van der Waals surface area contributed by atoms with E-state index in [1.54, 1.807) is 0 Å². The van der Waals surface area contributed by atoms with Crippen molar-refractivity contribution in [2.24, 2.45) is 15.0 Å². The Morgan fingerprint density at radius 2 is 1.06 bits per heavy atom. The molecular formula is C28H37FeN3. The maximum Gasteiger partial charge on any atom is 2.00 e. The third-order valence-electron chi connectivity index (χ3n) is 5.36. The van der Waals surface area contributed by atoms with E-state index in [2.05, 4.69) is 78.8 Å². The van der Waals surface area contributed by atoms with Gasteiger partial charge in [-0.05, 0) is 77.6 Å². The minimum absolute atomic E-state index is 0. The Balaban J connectivity index is 0.00000320. The predicted molar refractivity (Wildman–Crippen MR) is 140 cm³/mol. The minimum Gasteiger partial charge on any atom is -0.358 e. The largest absolute Gasteiger partial charge is 2.00 e. The van der Waals surface area contributed by atoms with Crippen LogP contribution < -0.4 is 0 Å². The Morgan fingerprint density at radius 3 is 1.47 bits per heavy atom. The van der Waals surface area contributed by atoms with Crippen molar-refractivity contribution in [1.29, 1.82) is 0 Å². The van der Waals surface area contributed by atoms with Gasteiger partial charge >= 0.3 is 17.1 Å². The minimum atomic E-state index is 0. The number of nitrogens with zero attached hydrogens (tertiary/aromatic N) is 3. The van der Waals surface area contributed by atoms with Crippen LogP contribution >= 0.6 is 0 Å². The van der Waals surface area contributed by atoms with E-state index >= 15 is 0 Å². The van der Waals surface area contributed by atoms with Crippen LogP contribution in [0, 0.1) is 56.4 Å². The van der Waals surface area contributed by atoms with Gasteiger partial charge in [0, 0.05) is 6.42 Å². The summed E-state index contributed by atoms with van der Waals surface area (Å²) in [7, 11) is 0. The van der Waals surface area contributed by atoms with Gasteiger partial charge in [0.1, 0.15) is 0 Å². The summed E-state index contributed by atoms with van der Waals surface area (Å²) in [4.78, 5) is 14.7. The van der Waals surface area contributed by atoms with E-state index in [1.165, 1.54) is 33.4 Å². The Morgan fingerprint density at radius 1 is 0.688 bits per heavy atom. The molecule has 0 saturated carbocycles. The molecule has 0 N–H and O–H groups in total. The first-order valence-corrected chi connectivity index (χ1v) is 10.2. The van der Waals surface area contributed by atoms with Crippen molar-refractivity contribution in [3.8, 4) is 0 Å². The van der Waals surface area contributed by atoms with Crippen LogP contribution in [0.4, 0.5) is 11.4 Å². The van der Waals surface area contributed by atoms with Crippen LogP contribution in [0.2, 0.25) is 0 Å². The van der Waals surface area contributed by atoms with Gasteiger partial charge in [-0.25, -0.2) is 4.99 Å². The molecule has 3 rings (SSSR count). The summed E-state index contributed by atoms with van der Waals surface area (Å²) in [6.45, 7) is 16.8. The fraction of sp³-hybridized carbons (Fsp3) is 0.321. The first-order chi connectivity index (χ1) is 13.7. The molecule has 1 aliphatic heterocycles. The molecule has 3 nitrogen and oxygen atoms in total. The molecule has 4 heteroatoms. The number of aryl methyl sites for hydroxylation is 6. The van der Waals surface area contributed by atoms with Crippen LogP contribution in [0.25, 0.3) is 0 Å². The van der Waals surface area contributed by atoms with E-state index in [1.807, 2.05) is 6.92 Å². The average Bonchev–Trinajstić information content (AvgIpc) is 3.11. The maximum absolute atomic E-state index is 4.91. The van der Waals surface area contributed by atoms with Crippen LogP contribution in [0.1, 0.15) is 53.6 Å². The van der Waals surface area contributed by atoms with Gasteiger partial charge < -0.3 is 14.9 Å². The Bertz CT molecular complexity index is 1060. The number of hydrogen-bond acceptors (Lipinski definition) is 3. The van der Waals surface area contributed by atoms with Gasteiger partial charge in [-0.1, -0.05) is 41.5 Å². The first kappa shape index (κ1) is 29.7. The summed E-state index contributed by atoms with van der Waals surface area (Å²) in [5, 5.41) is 0. The SMILES string of the molecule is CC(=Nc1c(C)cc(C)cc1C)C1=CCC(C(C)=Nc2c(C)cc(C)cc2C)=N1.[CH3-].[CH3-].[Fe+2]. The summed E-state index contributed by atoms with van der Waals surface area (Å²) >= 11 is 0. The molecule has 0 fully saturated rings. The fourth-order valence-electron chi connectivity index (χ4n) is 4.04. The molecule has 2 aromatic rings. The Hall–Kier alpha value is -2.29. The van der Waals surface area contributed by atoms with Gasteiger partial charge in [0.25, 0.3) is 0 Å². The molecule has 172 valence electrons. The van der Waals surface area contributed by atoms with E-state index in [4.69, 9.17) is 15.0 Å². The molecule has 0 bridgehead atoms. The molecule has 2 aromatic carbocycles. The van der Waals surface area contributed by atoms with Crippen LogP contribution in [-0.2, 0) is 17.1 Å². The van der Waals surface area contributed by atoms with Crippen molar-refractivity contribution in [1.82, 2.24) is 0 Å². The molecule has 0 radical (unpaired) electrons. The second-order valence-corrected chi connectivity index (χ2v) is 8.24. The molecule has 0 atom stereocenters. The third kappa shape index (κ3) is 6.60.